The molecule has 3 aromatic rings. The Morgan fingerprint density at radius 1 is 1.00 bits per heavy atom. The molecule has 1 N–H and O–H groups in total. The molecule has 35 heavy (non-hydrogen) atoms. The monoisotopic (exact) mass is 473 g/mol. The van der Waals surface area contributed by atoms with Gasteiger partial charge in [0.15, 0.2) is 0 Å². The maximum Gasteiger partial charge on any atom is 0.123 e. The second-order valence-corrected chi connectivity index (χ2v) is 9.29. The molecule has 0 saturated carbocycles. The number of aromatic nitrogens is 1. The summed E-state index contributed by atoms with van der Waals surface area (Å²) < 4.78 is 13.0. The Kier molecular flexibility index (Phi) is 12.1. The van der Waals surface area contributed by atoms with Crippen molar-refractivity contribution in [1.82, 2.24) is 10.3 Å². The predicted octanol–water partition coefficient (Wildman–Crippen LogP) is 7.91. The molecule has 0 bridgehead atoms. The van der Waals surface area contributed by atoms with Crippen LogP contribution < -0.4 is 5.32 Å². The highest BCUT2D eigenvalue weighted by Crippen LogP contribution is 2.26. The van der Waals surface area contributed by atoms with Crippen LogP contribution >= 0.6 is 0 Å². The van der Waals surface area contributed by atoms with E-state index in [-0.39, 0.29) is 11.9 Å². The molecule has 0 amide bonds. The Balaban J connectivity index is 0.000000283. The maximum absolute atomic E-state index is 13.0. The fraction of sp³-hybridized carbons (Fsp3) is 0.419. The molecule has 0 fully saturated rings. The van der Waals surface area contributed by atoms with Gasteiger partial charge in [0.25, 0.3) is 0 Å². The minimum Gasteiger partial charge on any atom is -0.310 e. The third kappa shape index (κ3) is 9.26. The van der Waals surface area contributed by atoms with E-state index in [1.165, 1.54) is 35.4 Å². The number of benzene rings is 2. The molecule has 2 aromatic carbocycles. The predicted molar refractivity (Wildman–Crippen MR) is 144 cm³/mol. The smallest absolute Gasteiger partial charge is 0.123 e. The first-order valence-electron chi connectivity index (χ1n) is 12.8. The van der Waals surface area contributed by atoms with Gasteiger partial charge in [-0.3, -0.25) is 4.98 Å². The average Bonchev–Trinajstić information content (AvgIpc) is 2.89. The summed E-state index contributed by atoms with van der Waals surface area (Å²) in [6.45, 7) is 11.9. The van der Waals surface area contributed by atoms with Gasteiger partial charge in [-0.15, -0.1) is 0 Å². The largest absolute Gasteiger partial charge is 0.310 e. The molecular formula is C31H40FN3. The molecule has 0 saturated heterocycles. The molecule has 3 unspecified atom stereocenters. The van der Waals surface area contributed by atoms with Gasteiger partial charge in [-0.2, -0.15) is 5.26 Å². The van der Waals surface area contributed by atoms with E-state index in [9.17, 15) is 4.39 Å². The zero-order chi connectivity index (χ0) is 25.6. The molecule has 0 radical (unpaired) electrons. The maximum atomic E-state index is 13.0. The van der Waals surface area contributed by atoms with Crippen molar-refractivity contribution >= 4 is 0 Å². The number of aryl methyl sites for hydroxylation is 1. The van der Waals surface area contributed by atoms with Crippen molar-refractivity contribution in [2.75, 3.05) is 6.54 Å². The van der Waals surface area contributed by atoms with Gasteiger partial charge in [0.05, 0.1) is 11.6 Å². The highest BCUT2D eigenvalue weighted by molar-refractivity contribution is 5.31. The molecule has 0 spiro atoms. The number of hydrogen-bond acceptors (Lipinski definition) is 3. The van der Waals surface area contributed by atoms with Crippen molar-refractivity contribution < 1.29 is 4.39 Å². The van der Waals surface area contributed by atoms with Gasteiger partial charge in [-0.1, -0.05) is 70.9 Å². The molecule has 186 valence electrons. The zero-order valence-electron chi connectivity index (χ0n) is 21.9. The van der Waals surface area contributed by atoms with Gasteiger partial charge in [0.1, 0.15) is 5.82 Å². The van der Waals surface area contributed by atoms with Crippen molar-refractivity contribution in [2.24, 2.45) is 5.92 Å². The van der Waals surface area contributed by atoms with Gasteiger partial charge < -0.3 is 5.32 Å². The van der Waals surface area contributed by atoms with Crippen LogP contribution in [0.3, 0.4) is 0 Å². The lowest BCUT2D eigenvalue weighted by Crippen LogP contribution is -2.23. The van der Waals surface area contributed by atoms with Crippen LogP contribution in [-0.4, -0.2) is 11.5 Å². The SMILES string of the molecule is CCC(C)C(C)c1ncccc1C.CCCC(NCCc1ccc(C#N)cc1)c1ccc(F)cc1. The highest BCUT2D eigenvalue weighted by atomic mass is 19.1. The first kappa shape index (κ1) is 28.2. The molecule has 3 nitrogen and oxygen atoms in total. The van der Waals surface area contributed by atoms with E-state index in [1.807, 2.05) is 48.7 Å². The first-order chi connectivity index (χ1) is 16.9. The number of rotatable bonds is 10. The summed E-state index contributed by atoms with van der Waals surface area (Å²) in [5.41, 5.74) is 5.60. The summed E-state index contributed by atoms with van der Waals surface area (Å²) in [5, 5.41) is 12.3. The van der Waals surface area contributed by atoms with Gasteiger partial charge in [-0.05, 0) is 79.3 Å². The van der Waals surface area contributed by atoms with E-state index in [4.69, 9.17) is 5.26 Å². The second-order valence-electron chi connectivity index (χ2n) is 9.29. The summed E-state index contributed by atoms with van der Waals surface area (Å²) >= 11 is 0. The third-order valence-electron chi connectivity index (χ3n) is 6.72. The molecule has 0 aliphatic carbocycles. The van der Waals surface area contributed by atoms with Crippen LogP contribution in [0.25, 0.3) is 0 Å². The molecule has 0 aliphatic rings. The Morgan fingerprint density at radius 3 is 2.26 bits per heavy atom. The lowest BCUT2D eigenvalue weighted by Gasteiger charge is -2.19. The average molecular weight is 474 g/mol. The van der Waals surface area contributed by atoms with Crippen molar-refractivity contribution in [3.05, 3.63) is 101 Å². The van der Waals surface area contributed by atoms with E-state index in [1.54, 1.807) is 0 Å². The number of halogens is 1. The zero-order valence-corrected chi connectivity index (χ0v) is 21.9. The normalized spacial score (nSPS) is 13.2. The lowest BCUT2D eigenvalue weighted by molar-refractivity contribution is 0.463. The van der Waals surface area contributed by atoms with Gasteiger partial charge in [0.2, 0.25) is 0 Å². The van der Waals surface area contributed by atoms with E-state index in [2.05, 4.69) is 57.1 Å². The quantitative estimate of drug-likeness (QED) is 0.325. The fourth-order valence-electron chi connectivity index (χ4n) is 4.10. The minimum atomic E-state index is -0.198. The standard InChI is InChI=1S/C19H21FN2.C12H19N/c1-2-3-19(17-8-10-18(20)11-9-17)22-13-12-15-4-6-16(14-21)7-5-15;1-5-9(2)11(4)12-10(3)7-6-8-13-12/h4-11,19,22H,2-3,12-13H2,1H3;6-9,11H,5H2,1-4H3. The fourth-order valence-corrected chi connectivity index (χ4v) is 4.10. The van der Waals surface area contributed by atoms with Crippen molar-refractivity contribution in [1.29, 1.82) is 5.26 Å². The van der Waals surface area contributed by atoms with Crippen LogP contribution in [-0.2, 0) is 6.42 Å². The van der Waals surface area contributed by atoms with Crippen LogP contribution in [0.2, 0.25) is 0 Å². The van der Waals surface area contributed by atoms with Crippen molar-refractivity contribution in [2.45, 2.75) is 72.3 Å². The number of nitrogens with one attached hydrogen (secondary N) is 1. The summed E-state index contributed by atoms with van der Waals surface area (Å²) in [4.78, 5) is 4.45. The summed E-state index contributed by atoms with van der Waals surface area (Å²) in [6, 6.07) is 20.9. The van der Waals surface area contributed by atoms with Crippen LogP contribution in [0.4, 0.5) is 4.39 Å². The van der Waals surface area contributed by atoms with Gasteiger partial charge >= 0.3 is 0 Å². The molecule has 3 atom stereocenters. The summed E-state index contributed by atoms with van der Waals surface area (Å²) in [7, 11) is 0. The number of pyridine rings is 1. The Morgan fingerprint density at radius 2 is 1.69 bits per heavy atom. The molecule has 1 aromatic heterocycles. The molecule has 0 aliphatic heterocycles. The Labute approximate surface area is 211 Å². The van der Waals surface area contributed by atoms with Crippen LogP contribution in [0.1, 0.15) is 86.9 Å². The minimum absolute atomic E-state index is 0.198. The molecular weight excluding hydrogens is 433 g/mol. The molecule has 3 rings (SSSR count). The lowest BCUT2D eigenvalue weighted by atomic mass is 9.88. The number of nitrogens with zero attached hydrogens (tertiary/aromatic N) is 2. The van der Waals surface area contributed by atoms with E-state index in [0.717, 1.165) is 31.4 Å². The number of nitriles is 1. The summed E-state index contributed by atoms with van der Waals surface area (Å²) in [5.74, 6) is 1.09. The van der Waals surface area contributed by atoms with E-state index >= 15 is 0 Å². The number of hydrogen-bond donors (Lipinski definition) is 1. The van der Waals surface area contributed by atoms with Crippen molar-refractivity contribution in [3.63, 3.8) is 0 Å². The van der Waals surface area contributed by atoms with E-state index in [0.29, 0.717) is 17.4 Å². The van der Waals surface area contributed by atoms with E-state index < -0.39 is 0 Å². The van der Waals surface area contributed by atoms with Crippen LogP contribution in [0.5, 0.6) is 0 Å². The van der Waals surface area contributed by atoms with Crippen LogP contribution in [0.15, 0.2) is 66.9 Å². The molecule has 1 heterocycles. The Bertz CT molecular complexity index is 1040. The van der Waals surface area contributed by atoms with Gasteiger partial charge in [-0.25, -0.2) is 4.39 Å². The third-order valence-corrected chi connectivity index (χ3v) is 6.72. The van der Waals surface area contributed by atoms with Gasteiger partial charge in [0, 0.05) is 23.9 Å². The Hall–Kier alpha value is -3.03. The van der Waals surface area contributed by atoms with Crippen molar-refractivity contribution in [3.8, 4) is 6.07 Å². The summed E-state index contributed by atoms with van der Waals surface area (Å²) in [6.07, 6.45) is 6.12. The second kappa shape index (κ2) is 15.1. The molecule has 4 heteroatoms. The van der Waals surface area contributed by atoms with Crippen LogP contribution in [0, 0.1) is 30.0 Å². The topological polar surface area (TPSA) is 48.7 Å². The highest BCUT2D eigenvalue weighted by Gasteiger charge is 2.15. The first-order valence-corrected chi connectivity index (χ1v) is 12.8.